The zero-order valence-corrected chi connectivity index (χ0v) is 10.6. The smallest absolute Gasteiger partial charge is 0.175 e. The fourth-order valence-electron chi connectivity index (χ4n) is 1.81. The summed E-state index contributed by atoms with van der Waals surface area (Å²) in [5.41, 5.74) is 0.130. The fourth-order valence-corrected chi connectivity index (χ4v) is 1.81. The Morgan fingerprint density at radius 2 is 1.85 bits per heavy atom. The summed E-state index contributed by atoms with van der Waals surface area (Å²) in [4.78, 5) is 12.0. The number of halogens is 3. The van der Waals surface area contributed by atoms with Crippen LogP contribution in [0.3, 0.4) is 0 Å². The van der Waals surface area contributed by atoms with Crippen LogP contribution in [-0.4, -0.2) is 12.9 Å². The van der Waals surface area contributed by atoms with E-state index in [0.717, 1.165) is 12.1 Å². The van der Waals surface area contributed by atoms with Gasteiger partial charge in [0, 0.05) is 6.42 Å². The van der Waals surface area contributed by atoms with E-state index in [-0.39, 0.29) is 23.3 Å². The van der Waals surface area contributed by atoms with Crippen LogP contribution in [0.15, 0.2) is 36.4 Å². The topological polar surface area (TPSA) is 26.3 Å². The molecule has 2 rings (SSSR count). The molecular weight excluding hydrogens is 269 g/mol. The number of hydrogen-bond acceptors (Lipinski definition) is 2. The van der Waals surface area contributed by atoms with Gasteiger partial charge in [0.25, 0.3) is 0 Å². The molecule has 0 aliphatic carbocycles. The lowest BCUT2D eigenvalue weighted by atomic mass is 10.0. The van der Waals surface area contributed by atoms with Crippen LogP contribution in [0.1, 0.15) is 15.9 Å². The molecule has 0 radical (unpaired) electrons. The van der Waals surface area contributed by atoms with Gasteiger partial charge >= 0.3 is 0 Å². The lowest BCUT2D eigenvalue weighted by Crippen LogP contribution is -2.07. The number of ketones is 1. The maximum absolute atomic E-state index is 13.9. The summed E-state index contributed by atoms with van der Waals surface area (Å²) in [6.07, 6.45) is -0.221. The number of ether oxygens (including phenoxy) is 1. The van der Waals surface area contributed by atoms with Gasteiger partial charge in [-0.05, 0) is 29.8 Å². The maximum Gasteiger partial charge on any atom is 0.175 e. The Kier molecular flexibility index (Phi) is 4.08. The van der Waals surface area contributed by atoms with Crippen molar-refractivity contribution in [1.29, 1.82) is 0 Å². The normalized spacial score (nSPS) is 10.4. The molecule has 0 atom stereocenters. The Bertz CT molecular complexity index is 654. The molecule has 2 nitrogen and oxygen atoms in total. The van der Waals surface area contributed by atoms with Crippen molar-refractivity contribution < 1.29 is 22.7 Å². The first-order chi connectivity index (χ1) is 9.52. The molecule has 0 bridgehead atoms. The standard InChI is InChI=1S/C15H11F3O2/c1-20-14-4-2-3-10(15(14)18)13(19)8-9-5-6-11(16)12(17)7-9/h2-7H,8H2,1H3. The molecule has 0 fully saturated rings. The van der Waals surface area contributed by atoms with Crippen molar-refractivity contribution in [3.63, 3.8) is 0 Å². The van der Waals surface area contributed by atoms with Crippen LogP contribution in [0.4, 0.5) is 13.2 Å². The number of methoxy groups -OCH3 is 1. The van der Waals surface area contributed by atoms with Crippen molar-refractivity contribution >= 4 is 5.78 Å². The van der Waals surface area contributed by atoms with Gasteiger partial charge in [0.2, 0.25) is 0 Å². The highest BCUT2D eigenvalue weighted by atomic mass is 19.2. The second-order valence-electron chi connectivity index (χ2n) is 4.17. The lowest BCUT2D eigenvalue weighted by Gasteiger charge is -2.07. The SMILES string of the molecule is COc1cccc(C(=O)Cc2ccc(F)c(F)c2)c1F. The minimum absolute atomic E-state index is 0.0406. The molecule has 0 N–H and O–H groups in total. The van der Waals surface area contributed by atoms with Crippen LogP contribution in [0.5, 0.6) is 5.75 Å². The van der Waals surface area contributed by atoms with Crippen molar-refractivity contribution in [2.75, 3.05) is 7.11 Å². The summed E-state index contributed by atoms with van der Waals surface area (Å²) < 4.78 is 44.5. The van der Waals surface area contributed by atoms with E-state index in [1.54, 1.807) is 0 Å². The van der Waals surface area contributed by atoms with Crippen molar-refractivity contribution in [2.45, 2.75) is 6.42 Å². The predicted molar refractivity (Wildman–Crippen MR) is 67.3 cm³/mol. The van der Waals surface area contributed by atoms with Crippen LogP contribution < -0.4 is 4.74 Å². The molecule has 2 aromatic carbocycles. The summed E-state index contributed by atoms with van der Waals surface area (Å²) >= 11 is 0. The molecule has 0 amide bonds. The van der Waals surface area contributed by atoms with Crippen LogP contribution >= 0.6 is 0 Å². The molecule has 0 unspecified atom stereocenters. The molecule has 104 valence electrons. The largest absolute Gasteiger partial charge is 0.494 e. The average molecular weight is 280 g/mol. The number of benzene rings is 2. The Balaban J connectivity index is 2.26. The van der Waals surface area contributed by atoms with Crippen molar-refractivity contribution in [3.05, 3.63) is 65.0 Å². The lowest BCUT2D eigenvalue weighted by molar-refractivity contribution is 0.0988. The van der Waals surface area contributed by atoms with Gasteiger partial charge in [-0.15, -0.1) is 0 Å². The van der Waals surface area contributed by atoms with E-state index in [9.17, 15) is 18.0 Å². The second kappa shape index (κ2) is 5.77. The highest BCUT2D eigenvalue weighted by Gasteiger charge is 2.16. The van der Waals surface area contributed by atoms with E-state index in [1.807, 2.05) is 0 Å². The van der Waals surface area contributed by atoms with E-state index in [0.29, 0.717) is 0 Å². The van der Waals surface area contributed by atoms with Crippen molar-refractivity contribution in [2.24, 2.45) is 0 Å². The highest BCUT2D eigenvalue weighted by molar-refractivity contribution is 5.98. The molecule has 2 aromatic rings. The summed E-state index contributed by atoms with van der Waals surface area (Å²) in [5, 5.41) is 0. The zero-order valence-electron chi connectivity index (χ0n) is 10.6. The Morgan fingerprint density at radius 3 is 2.50 bits per heavy atom. The van der Waals surface area contributed by atoms with E-state index >= 15 is 0 Å². The maximum atomic E-state index is 13.9. The third-order valence-electron chi connectivity index (χ3n) is 2.83. The molecule has 20 heavy (non-hydrogen) atoms. The van der Waals surface area contributed by atoms with Gasteiger partial charge in [-0.1, -0.05) is 12.1 Å². The van der Waals surface area contributed by atoms with Crippen molar-refractivity contribution in [3.8, 4) is 5.75 Å². The molecule has 0 aliphatic heterocycles. The second-order valence-corrected chi connectivity index (χ2v) is 4.17. The van der Waals surface area contributed by atoms with Crippen LogP contribution in [0, 0.1) is 17.5 Å². The van der Waals surface area contributed by atoms with Gasteiger partial charge in [-0.25, -0.2) is 13.2 Å². The molecule has 0 saturated heterocycles. The highest BCUT2D eigenvalue weighted by Crippen LogP contribution is 2.21. The molecule has 0 heterocycles. The Morgan fingerprint density at radius 1 is 1.10 bits per heavy atom. The van der Waals surface area contributed by atoms with Gasteiger partial charge in [0.1, 0.15) is 0 Å². The third-order valence-corrected chi connectivity index (χ3v) is 2.83. The van der Waals surface area contributed by atoms with E-state index < -0.39 is 23.2 Å². The number of Topliss-reactive ketones (excluding diaryl/α,β-unsaturated/α-hetero) is 1. The molecule has 0 aromatic heterocycles. The molecule has 0 spiro atoms. The Labute approximate surface area is 113 Å². The van der Waals surface area contributed by atoms with Crippen LogP contribution in [0.2, 0.25) is 0 Å². The first kappa shape index (κ1) is 14.1. The number of carbonyl (C=O) groups excluding carboxylic acids is 1. The summed E-state index contributed by atoms with van der Waals surface area (Å²) in [7, 11) is 1.29. The third kappa shape index (κ3) is 2.82. The fraction of sp³-hybridized carbons (Fsp3) is 0.133. The van der Waals surface area contributed by atoms with Crippen LogP contribution in [-0.2, 0) is 6.42 Å². The molecule has 0 saturated carbocycles. The Hall–Kier alpha value is -2.30. The van der Waals surface area contributed by atoms with Gasteiger partial charge in [0.05, 0.1) is 12.7 Å². The summed E-state index contributed by atoms with van der Waals surface area (Å²) in [6.45, 7) is 0. The van der Waals surface area contributed by atoms with Gasteiger partial charge < -0.3 is 4.74 Å². The first-order valence-corrected chi connectivity index (χ1v) is 5.82. The molecule has 5 heteroatoms. The summed E-state index contributed by atoms with van der Waals surface area (Å²) in [5.74, 6) is -3.37. The average Bonchev–Trinajstić information content (AvgIpc) is 2.43. The summed E-state index contributed by atoms with van der Waals surface area (Å²) in [6, 6.07) is 7.34. The predicted octanol–water partition coefficient (Wildman–Crippen LogP) is 3.54. The van der Waals surface area contributed by atoms with E-state index in [1.165, 1.54) is 31.4 Å². The van der Waals surface area contributed by atoms with Gasteiger partial charge in [0.15, 0.2) is 29.0 Å². The quantitative estimate of drug-likeness (QED) is 0.801. The minimum atomic E-state index is -1.04. The molecule has 0 aliphatic rings. The number of carbonyl (C=O) groups is 1. The van der Waals surface area contributed by atoms with Gasteiger partial charge in [-0.2, -0.15) is 0 Å². The van der Waals surface area contributed by atoms with Crippen LogP contribution in [0.25, 0.3) is 0 Å². The molecular formula is C15H11F3O2. The monoisotopic (exact) mass is 280 g/mol. The number of hydrogen-bond donors (Lipinski definition) is 0. The van der Waals surface area contributed by atoms with Gasteiger partial charge in [-0.3, -0.25) is 4.79 Å². The zero-order chi connectivity index (χ0) is 14.7. The van der Waals surface area contributed by atoms with Crippen molar-refractivity contribution in [1.82, 2.24) is 0 Å². The van der Waals surface area contributed by atoms with E-state index in [2.05, 4.69) is 0 Å². The number of rotatable bonds is 4. The minimum Gasteiger partial charge on any atom is -0.494 e. The van der Waals surface area contributed by atoms with E-state index in [4.69, 9.17) is 4.74 Å². The first-order valence-electron chi connectivity index (χ1n) is 5.82.